The van der Waals surface area contributed by atoms with Crippen molar-refractivity contribution in [3.8, 4) is 5.75 Å². The van der Waals surface area contributed by atoms with Crippen molar-refractivity contribution in [3.05, 3.63) is 52.7 Å². The van der Waals surface area contributed by atoms with Crippen molar-refractivity contribution >= 4 is 23.6 Å². The number of primary amides is 1. The Labute approximate surface area is 157 Å². The molecule has 6 nitrogen and oxygen atoms in total. The summed E-state index contributed by atoms with van der Waals surface area (Å²) in [6, 6.07) is 9.40. The topological polar surface area (TPSA) is 94.3 Å². The third-order valence-electron chi connectivity index (χ3n) is 3.99. The molecule has 0 unspecified atom stereocenters. The molecule has 0 aliphatic heterocycles. The number of benzene rings is 1. The number of pyridine rings is 1. The summed E-state index contributed by atoms with van der Waals surface area (Å²) < 4.78 is 5.52. The molecule has 2 amide bonds. The SMILES string of the molecule is Cc1nc(SCC(=O)NCCOc2ccccc2)c(C(N)=O)c(C)c1C. The Morgan fingerprint density at radius 2 is 1.85 bits per heavy atom. The molecule has 0 aliphatic carbocycles. The number of amides is 2. The van der Waals surface area contributed by atoms with E-state index in [0.29, 0.717) is 23.7 Å². The summed E-state index contributed by atoms with van der Waals surface area (Å²) >= 11 is 1.21. The number of carbonyl (C=O) groups excluding carboxylic acids is 2. The fraction of sp³-hybridized carbons (Fsp3) is 0.316. The Balaban J connectivity index is 1.86. The van der Waals surface area contributed by atoms with Gasteiger partial charge in [-0.2, -0.15) is 0 Å². The lowest BCUT2D eigenvalue weighted by molar-refractivity contribution is -0.118. The normalized spacial score (nSPS) is 10.4. The van der Waals surface area contributed by atoms with E-state index in [2.05, 4.69) is 10.3 Å². The van der Waals surface area contributed by atoms with E-state index in [4.69, 9.17) is 10.5 Å². The Morgan fingerprint density at radius 1 is 1.15 bits per heavy atom. The monoisotopic (exact) mass is 373 g/mol. The van der Waals surface area contributed by atoms with Crippen molar-refractivity contribution < 1.29 is 14.3 Å². The second kappa shape index (κ2) is 9.24. The van der Waals surface area contributed by atoms with Crippen LogP contribution in [0.15, 0.2) is 35.4 Å². The molecule has 7 heteroatoms. The van der Waals surface area contributed by atoms with Crippen LogP contribution in [0.4, 0.5) is 0 Å². The molecule has 3 N–H and O–H groups in total. The average Bonchev–Trinajstić information content (AvgIpc) is 2.62. The standard InChI is InChI=1S/C19H23N3O3S/c1-12-13(2)17(18(20)24)19(22-14(12)3)26-11-16(23)21-9-10-25-15-7-5-4-6-8-15/h4-8H,9-11H2,1-3H3,(H2,20,24)(H,21,23). The highest BCUT2D eigenvalue weighted by atomic mass is 32.2. The minimum Gasteiger partial charge on any atom is -0.492 e. The van der Waals surface area contributed by atoms with Gasteiger partial charge in [0.15, 0.2) is 0 Å². The third-order valence-corrected chi connectivity index (χ3v) is 4.96. The molecule has 1 heterocycles. The molecule has 0 spiro atoms. The maximum absolute atomic E-state index is 12.0. The maximum Gasteiger partial charge on any atom is 0.251 e. The second-order valence-corrected chi connectivity index (χ2v) is 6.76. The van der Waals surface area contributed by atoms with Crippen LogP contribution in [-0.4, -0.2) is 35.7 Å². The van der Waals surface area contributed by atoms with E-state index >= 15 is 0 Å². The number of para-hydroxylation sites is 1. The molecule has 0 fully saturated rings. The van der Waals surface area contributed by atoms with Gasteiger partial charge in [-0.25, -0.2) is 4.98 Å². The van der Waals surface area contributed by atoms with Crippen molar-refractivity contribution in [2.75, 3.05) is 18.9 Å². The molecule has 138 valence electrons. The molecule has 0 aliphatic rings. The van der Waals surface area contributed by atoms with Crippen LogP contribution >= 0.6 is 11.8 Å². The van der Waals surface area contributed by atoms with Gasteiger partial charge < -0.3 is 15.8 Å². The summed E-state index contributed by atoms with van der Waals surface area (Å²) in [5.41, 5.74) is 8.44. The molecule has 0 saturated carbocycles. The van der Waals surface area contributed by atoms with E-state index < -0.39 is 5.91 Å². The van der Waals surface area contributed by atoms with Crippen LogP contribution < -0.4 is 15.8 Å². The van der Waals surface area contributed by atoms with Crippen molar-refractivity contribution in [1.82, 2.24) is 10.3 Å². The molecular weight excluding hydrogens is 350 g/mol. The van der Waals surface area contributed by atoms with E-state index in [9.17, 15) is 9.59 Å². The predicted molar refractivity (Wildman–Crippen MR) is 103 cm³/mol. The first-order valence-electron chi connectivity index (χ1n) is 8.25. The molecule has 2 aromatic rings. The van der Waals surface area contributed by atoms with Gasteiger partial charge in [-0.1, -0.05) is 30.0 Å². The highest BCUT2D eigenvalue weighted by Crippen LogP contribution is 2.26. The van der Waals surface area contributed by atoms with E-state index in [0.717, 1.165) is 22.6 Å². The molecule has 0 radical (unpaired) electrons. The number of nitrogens with zero attached hydrogens (tertiary/aromatic N) is 1. The molecular formula is C19H23N3O3S. The summed E-state index contributed by atoms with van der Waals surface area (Å²) in [6.45, 7) is 6.40. The third kappa shape index (κ3) is 5.23. The number of hydrogen-bond donors (Lipinski definition) is 2. The van der Waals surface area contributed by atoms with Crippen LogP contribution in [0, 0.1) is 20.8 Å². The Bertz CT molecular complexity index is 794. The number of nitrogens with one attached hydrogen (secondary N) is 1. The smallest absolute Gasteiger partial charge is 0.251 e. The highest BCUT2D eigenvalue weighted by Gasteiger charge is 2.18. The van der Waals surface area contributed by atoms with E-state index in [1.807, 2.05) is 51.1 Å². The Kier molecular flexibility index (Phi) is 7.03. The molecule has 1 aromatic heterocycles. The first kappa shape index (κ1) is 19.8. The van der Waals surface area contributed by atoms with Gasteiger partial charge in [-0.15, -0.1) is 0 Å². The fourth-order valence-corrected chi connectivity index (χ4v) is 3.34. The van der Waals surface area contributed by atoms with Crippen molar-refractivity contribution in [2.24, 2.45) is 5.73 Å². The van der Waals surface area contributed by atoms with Crippen LogP contribution in [0.25, 0.3) is 0 Å². The summed E-state index contributed by atoms with van der Waals surface area (Å²) in [4.78, 5) is 28.2. The number of aryl methyl sites for hydroxylation is 1. The van der Waals surface area contributed by atoms with Crippen LogP contribution in [0.5, 0.6) is 5.75 Å². The first-order valence-corrected chi connectivity index (χ1v) is 9.23. The van der Waals surface area contributed by atoms with E-state index in [1.54, 1.807) is 0 Å². The summed E-state index contributed by atoms with van der Waals surface area (Å²) in [7, 11) is 0. The average molecular weight is 373 g/mol. The second-order valence-electron chi connectivity index (χ2n) is 5.79. The van der Waals surface area contributed by atoms with Crippen LogP contribution in [0.2, 0.25) is 0 Å². The van der Waals surface area contributed by atoms with Gasteiger partial charge in [0.05, 0.1) is 17.9 Å². The van der Waals surface area contributed by atoms with Crippen LogP contribution in [0.1, 0.15) is 27.2 Å². The zero-order chi connectivity index (χ0) is 19.1. The lowest BCUT2D eigenvalue weighted by Gasteiger charge is -2.13. The predicted octanol–water partition coefficient (Wildman–Crippen LogP) is 2.39. The summed E-state index contributed by atoms with van der Waals surface area (Å²) in [5.74, 6) is 0.231. The number of thioether (sulfide) groups is 1. The van der Waals surface area contributed by atoms with Gasteiger partial charge in [-0.05, 0) is 44.0 Å². The van der Waals surface area contributed by atoms with E-state index in [1.165, 1.54) is 11.8 Å². The lowest BCUT2D eigenvalue weighted by atomic mass is 10.0. The largest absolute Gasteiger partial charge is 0.492 e. The molecule has 0 saturated heterocycles. The number of rotatable bonds is 8. The Hall–Kier alpha value is -2.54. The van der Waals surface area contributed by atoms with Crippen molar-refractivity contribution in [3.63, 3.8) is 0 Å². The van der Waals surface area contributed by atoms with E-state index in [-0.39, 0.29) is 11.7 Å². The van der Waals surface area contributed by atoms with Gasteiger partial charge in [-0.3, -0.25) is 9.59 Å². The molecule has 0 bridgehead atoms. The number of hydrogen-bond acceptors (Lipinski definition) is 5. The lowest BCUT2D eigenvalue weighted by Crippen LogP contribution is -2.29. The molecule has 0 atom stereocenters. The van der Waals surface area contributed by atoms with Gasteiger partial charge in [0, 0.05) is 5.69 Å². The van der Waals surface area contributed by atoms with Gasteiger partial charge in [0.1, 0.15) is 17.4 Å². The van der Waals surface area contributed by atoms with Gasteiger partial charge >= 0.3 is 0 Å². The Morgan fingerprint density at radius 3 is 2.50 bits per heavy atom. The number of ether oxygens (including phenoxy) is 1. The number of nitrogens with two attached hydrogens (primary N) is 1. The molecule has 1 aromatic carbocycles. The first-order chi connectivity index (χ1) is 12.4. The minimum absolute atomic E-state index is 0.153. The fourth-order valence-electron chi connectivity index (χ4n) is 2.37. The summed E-state index contributed by atoms with van der Waals surface area (Å²) in [6.07, 6.45) is 0. The summed E-state index contributed by atoms with van der Waals surface area (Å²) in [5, 5.41) is 3.28. The number of carbonyl (C=O) groups is 2. The highest BCUT2D eigenvalue weighted by molar-refractivity contribution is 8.00. The zero-order valence-corrected chi connectivity index (χ0v) is 16.0. The number of aromatic nitrogens is 1. The van der Waals surface area contributed by atoms with Gasteiger partial charge in [0.2, 0.25) is 5.91 Å². The van der Waals surface area contributed by atoms with Crippen molar-refractivity contribution in [1.29, 1.82) is 0 Å². The maximum atomic E-state index is 12.0. The van der Waals surface area contributed by atoms with Gasteiger partial charge in [0.25, 0.3) is 5.91 Å². The van der Waals surface area contributed by atoms with Crippen LogP contribution in [0.3, 0.4) is 0 Å². The van der Waals surface area contributed by atoms with Crippen molar-refractivity contribution in [2.45, 2.75) is 25.8 Å². The minimum atomic E-state index is -0.530. The molecule has 26 heavy (non-hydrogen) atoms. The quantitative estimate of drug-likeness (QED) is 0.547. The molecule has 2 rings (SSSR count). The zero-order valence-electron chi connectivity index (χ0n) is 15.2. The van der Waals surface area contributed by atoms with Crippen LogP contribution in [-0.2, 0) is 4.79 Å².